The van der Waals surface area contributed by atoms with E-state index >= 15 is 0 Å². The molecule has 1 aliphatic heterocycles. The molecular weight excluding hydrogens is 270 g/mol. The Bertz CT molecular complexity index is 688. The number of hydrogen-bond acceptors (Lipinski definition) is 4. The van der Waals surface area contributed by atoms with Crippen LogP contribution < -0.4 is 4.90 Å². The molecule has 6 heteroatoms. The average Bonchev–Trinajstić information content (AvgIpc) is 2.91. The number of amides is 1. The third-order valence-corrected chi connectivity index (χ3v) is 3.43. The lowest BCUT2D eigenvalue weighted by molar-refractivity contribution is -0.141. The molecular formula is C15H13N3O3. The summed E-state index contributed by atoms with van der Waals surface area (Å²) in [6.45, 7) is 0.117. The molecule has 3 rings (SSSR count). The minimum Gasteiger partial charge on any atom is -0.481 e. The smallest absolute Gasteiger partial charge is 0.308 e. The number of anilines is 1. The number of carbonyl (C=O) groups excluding carboxylic acids is 1. The molecule has 0 radical (unpaired) electrons. The van der Waals surface area contributed by atoms with Crippen molar-refractivity contribution in [3.8, 4) is 11.3 Å². The summed E-state index contributed by atoms with van der Waals surface area (Å²) in [6.07, 6.45) is 1.57. The fourth-order valence-corrected chi connectivity index (χ4v) is 2.31. The minimum atomic E-state index is -0.968. The van der Waals surface area contributed by atoms with Crippen LogP contribution in [0.3, 0.4) is 0 Å². The van der Waals surface area contributed by atoms with Gasteiger partial charge in [0.1, 0.15) is 0 Å². The van der Waals surface area contributed by atoms with Crippen LogP contribution in [0.15, 0.2) is 42.6 Å². The Morgan fingerprint density at radius 1 is 1.24 bits per heavy atom. The van der Waals surface area contributed by atoms with Crippen LogP contribution in [0.4, 0.5) is 5.95 Å². The Morgan fingerprint density at radius 2 is 2.00 bits per heavy atom. The van der Waals surface area contributed by atoms with Gasteiger partial charge in [0.15, 0.2) is 0 Å². The molecule has 106 valence electrons. The van der Waals surface area contributed by atoms with E-state index in [1.807, 2.05) is 30.3 Å². The van der Waals surface area contributed by atoms with Crippen LogP contribution in [-0.2, 0) is 9.59 Å². The summed E-state index contributed by atoms with van der Waals surface area (Å²) in [6, 6.07) is 11.3. The second-order valence-corrected chi connectivity index (χ2v) is 4.85. The fraction of sp³-hybridized carbons (Fsp3) is 0.200. The Balaban J connectivity index is 1.90. The highest BCUT2D eigenvalue weighted by Gasteiger charge is 2.36. The van der Waals surface area contributed by atoms with Crippen LogP contribution in [-0.4, -0.2) is 33.5 Å². The topological polar surface area (TPSA) is 83.4 Å². The fourth-order valence-electron chi connectivity index (χ4n) is 2.31. The van der Waals surface area contributed by atoms with Crippen molar-refractivity contribution in [1.29, 1.82) is 0 Å². The molecule has 1 saturated heterocycles. The highest BCUT2D eigenvalue weighted by molar-refractivity contribution is 5.98. The molecule has 1 amide bonds. The van der Waals surface area contributed by atoms with Gasteiger partial charge in [0.05, 0.1) is 11.6 Å². The zero-order valence-corrected chi connectivity index (χ0v) is 11.1. The molecule has 0 spiro atoms. The van der Waals surface area contributed by atoms with Crippen LogP contribution in [0.2, 0.25) is 0 Å². The Hall–Kier alpha value is -2.76. The van der Waals surface area contributed by atoms with E-state index in [4.69, 9.17) is 5.11 Å². The quantitative estimate of drug-likeness (QED) is 0.924. The van der Waals surface area contributed by atoms with E-state index in [1.54, 1.807) is 12.3 Å². The summed E-state index contributed by atoms with van der Waals surface area (Å²) in [5.74, 6) is -1.66. The van der Waals surface area contributed by atoms with Crippen molar-refractivity contribution in [3.05, 3.63) is 42.6 Å². The molecule has 2 heterocycles. The molecule has 6 nitrogen and oxygen atoms in total. The summed E-state index contributed by atoms with van der Waals surface area (Å²) >= 11 is 0. The van der Waals surface area contributed by atoms with Crippen molar-refractivity contribution in [3.63, 3.8) is 0 Å². The second-order valence-electron chi connectivity index (χ2n) is 4.85. The number of carboxylic acid groups (broad SMARTS) is 1. The SMILES string of the molecule is O=C(O)C1CC(=O)N(c2nccc(-c3ccccc3)n2)C1. The lowest BCUT2D eigenvalue weighted by Crippen LogP contribution is -2.27. The van der Waals surface area contributed by atoms with Gasteiger partial charge in [-0.3, -0.25) is 14.5 Å². The maximum atomic E-state index is 11.9. The van der Waals surface area contributed by atoms with Gasteiger partial charge in [-0.15, -0.1) is 0 Å². The molecule has 0 bridgehead atoms. The molecule has 1 aromatic heterocycles. The molecule has 1 fully saturated rings. The molecule has 2 aromatic rings. The van der Waals surface area contributed by atoms with Gasteiger partial charge in [-0.2, -0.15) is 0 Å². The molecule has 1 aliphatic rings. The van der Waals surface area contributed by atoms with E-state index in [1.165, 1.54) is 4.90 Å². The normalized spacial score (nSPS) is 18.0. The van der Waals surface area contributed by atoms with E-state index in [2.05, 4.69) is 9.97 Å². The number of hydrogen-bond donors (Lipinski definition) is 1. The molecule has 1 aromatic carbocycles. The number of aliphatic carboxylic acids is 1. The first kappa shape index (κ1) is 13.2. The summed E-state index contributed by atoms with van der Waals surface area (Å²) in [4.78, 5) is 32.7. The molecule has 1 N–H and O–H groups in total. The molecule has 21 heavy (non-hydrogen) atoms. The van der Waals surface area contributed by atoms with Crippen molar-refractivity contribution in [1.82, 2.24) is 9.97 Å². The van der Waals surface area contributed by atoms with Gasteiger partial charge in [-0.05, 0) is 6.07 Å². The third-order valence-electron chi connectivity index (χ3n) is 3.43. The van der Waals surface area contributed by atoms with E-state index < -0.39 is 11.9 Å². The van der Waals surface area contributed by atoms with Gasteiger partial charge in [0, 0.05) is 24.7 Å². The lowest BCUT2D eigenvalue weighted by atomic mass is 10.1. The van der Waals surface area contributed by atoms with Crippen LogP contribution in [0.25, 0.3) is 11.3 Å². The Labute approximate surface area is 121 Å². The van der Waals surface area contributed by atoms with Gasteiger partial charge in [0.25, 0.3) is 0 Å². The van der Waals surface area contributed by atoms with Gasteiger partial charge >= 0.3 is 5.97 Å². The molecule has 0 saturated carbocycles. The van der Waals surface area contributed by atoms with Crippen LogP contribution >= 0.6 is 0 Å². The summed E-state index contributed by atoms with van der Waals surface area (Å²) in [7, 11) is 0. The maximum absolute atomic E-state index is 11.9. The van der Waals surface area contributed by atoms with Crippen LogP contribution in [0.1, 0.15) is 6.42 Å². The first-order valence-electron chi connectivity index (χ1n) is 6.57. The number of nitrogens with zero attached hydrogens (tertiary/aromatic N) is 3. The monoisotopic (exact) mass is 283 g/mol. The number of benzene rings is 1. The largest absolute Gasteiger partial charge is 0.481 e. The van der Waals surface area contributed by atoms with E-state index in [9.17, 15) is 9.59 Å². The van der Waals surface area contributed by atoms with Crippen molar-refractivity contribution in [2.24, 2.45) is 5.92 Å². The first-order chi connectivity index (χ1) is 10.1. The third kappa shape index (κ3) is 2.60. The highest BCUT2D eigenvalue weighted by Crippen LogP contribution is 2.24. The number of aromatic nitrogens is 2. The molecule has 1 unspecified atom stereocenters. The predicted molar refractivity (Wildman–Crippen MR) is 75.6 cm³/mol. The van der Waals surface area contributed by atoms with E-state index in [-0.39, 0.29) is 24.8 Å². The standard InChI is InChI=1S/C15H13N3O3/c19-13-8-11(14(20)21)9-18(13)15-16-7-6-12(17-15)10-4-2-1-3-5-10/h1-7,11H,8-9H2,(H,20,21). The van der Waals surface area contributed by atoms with Crippen molar-refractivity contribution in [2.45, 2.75) is 6.42 Å². The molecule has 0 aliphatic carbocycles. The number of carbonyl (C=O) groups is 2. The summed E-state index contributed by atoms with van der Waals surface area (Å²) in [5.41, 5.74) is 1.62. The summed E-state index contributed by atoms with van der Waals surface area (Å²) < 4.78 is 0. The van der Waals surface area contributed by atoms with E-state index in [0.29, 0.717) is 5.69 Å². The maximum Gasteiger partial charge on any atom is 0.308 e. The minimum absolute atomic E-state index is 0.00570. The van der Waals surface area contributed by atoms with Crippen molar-refractivity contribution < 1.29 is 14.7 Å². The average molecular weight is 283 g/mol. The Morgan fingerprint density at radius 3 is 2.67 bits per heavy atom. The summed E-state index contributed by atoms with van der Waals surface area (Å²) in [5, 5.41) is 9.01. The second kappa shape index (κ2) is 5.32. The number of carboxylic acids is 1. The van der Waals surface area contributed by atoms with Crippen LogP contribution in [0.5, 0.6) is 0 Å². The zero-order valence-electron chi connectivity index (χ0n) is 11.1. The highest BCUT2D eigenvalue weighted by atomic mass is 16.4. The van der Waals surface area contributed by atoms with Crippen LogP contribution in [0, 0.1) is 5.92 Å². The Kier molecular flexibility index (Phi) is 3.35. The van der Waals surface area contributed by atoms with Crippen molar-refractivity contribution in [2.75, 3.05) is 11.4 Å². The zero-order chi connectivity index (χ0) is 14.8. The predicted octanol–water partition coefficient (Wildman–Crippen LogP) is 1.58. The van der Waals surface area contributed by atoms with Gasteiger partial charge in [-0.1, -0.05) is 30.3 Å². The van der Waals surface area contributed by atoms with Gasteiger partial charge in [0.2, 0.25) is 11.9 Å². The van der Waals surface area contributed by atoms with Crippen molar-refractivity contribution >= 4 is 17.8 Å². The molecule has 1 atom stereocenters. The van der Waals surface area contributed by atoms with Gasteiger partial charge in [-0.25, -0.2) is 9.97 Å². The van der Waals surface area contributed by atoms with Gasteiger partial charge < -0.3 is 5.11 Å². The van der Waals surface area contributed by atoms with E-state index in [0.717, 1.165) is 5.56 Å². The first-order valence-corrected chi connectivity index (χ1v) is 6.57. The lowest BCUT2D eigenvalue weighted by Gasteiger charge is -2.14. The number of rotatable bonds is 3.